The number of hydrogen-bond donors (Lipinski definition) is 1. The van der Waals surface area contributed by atoms with Crippen LogP contribution >= 0.6 is 0 Å². The van der Waals surface area contributed by atoms with E-state index < -0.39 is 0 Å². The van der Waals surface area contributed by atoms with E-state index in [1.54, 1.807) is 7.11 Å². The van der Waals surface area contributed by atoms with Gasteiger partial charge in [0.2, 0.25) is 0 Å². The summed E-state index contributed by atoms with van der Waals surface area (Å²) < 4.78 is 9.61. The molecule has 37 heavy (non-hydrogen) atoms. The zero-order valence-corrected chi connectivity index (χ0v) is 23.2. The van der Waals surface area contributed by atoms with Crippen LogP contribution in [-0.2, 0) is 31.3 Å². The number of nitrogens with one attached hydrogen (secondary N) is 1. The van der Waals surface area contributed by atoms with Gasteiger partial charge in [0.05, 0.1) is 18.0 Å². The molecule has 0 saturated heterocycles. The minimum Gasteiger partial charge on any atom is -0.383 e. The maximum Gasteiger partial charge on any atom is 0.158 e. The maximum atomic E-state index is 5.27. The number of methoxy groups -OCH3 is 1. The van der Waals surface area contributed by atoms with E-state index in [1.165, 1.54) is 55.5 Å². The van der Waals surface area contributed by atoms with Gasteiger partial charge in [0.15, 0.2) is 5.82 Å². The molecule has 3 aromatic rings. The van der Waals surface area contributed by atoms with Crippen molar-refractivity contribution in [2.75, 3.05) is 31.7 Å². The first kappa shape index (κ1) is 24.8. The van der Waals surface area contributed by atoms with Crippen LogP contribution in [0.3, 0.4) is 0 Å². The first-order valence-corrected chi connectivity index (χ1v) is 14.1. The fraction of sp³-hybridized carbons (Fsp3) is 0.714. The summed E-state index contributed by atoms with van der Waals surface area (Å²) in [6, 6.07) is 0.647. The van der Waals surface area contributed by atoms with Crippen molar-refractivity contribution >= 4 is 16.9 Å². The van der Waals surface area contributed by atoms with Crippen LogP contribution in [0.15, 0.2) is 0 Å². The first-order valence-electron chi connectivity index (χ1n) is 14.1. The summed E-state index contributed by atoms with van der Waals surface area (Å²) in [5.41, 5.74) is 7.33. The van der Waals surface area contributed by atoms with Gasteiger partial charge in [0, 0.05) is 64.1 Å². The molecule has 2 fully saturated rings. The molecule has 3 unspecified atom stereocenters. The fourth-order valence-corrected chi connectivity index (χ4v) is 7.54. The van der Waals surface area contributed by atoms with Crippen LogP contribution in [0.1, 0.15) is 67.0 Å². The molecule has 2 saturated carbocycles. The first-order chi connectivity index (χ1) is 17.9. The molecule has 0 spiro atoms. The number of ether oxygens (including phenoxy) is 1. The Morgan fingerprint density at radius 2 is 1.95 bits per heavy atom. The minimum atomic E-state index is 0.397. The highest BCUT2D eigenvalue weighted by Gasteiger charge is 2.44. The third-order valence-corrected chi connectivity index (χ3v) is 9.31. The highest BCUT2D eigenvalue weighted by molar-refractivity contribution is 5.88. The number of nitrogens with zero attached hydrogens (tertiary/aromatic N) is 7. The molecule has 1 N–H and O–H groups in total. The van der Waals surface area contributed by atoms with Crippen LogP contribution in [0.2, 0.25) is 0 Å². The van der Waals surface area contributed by atoms with E-state index in [0.717, 1.165) is 73.5 Å². The lowest BCUT2D eigenvalue weighted by Gasteiger charge is -2.49. The Morgan fingerprint density at radius 1 is 1.08 bits per heavy atom. The highest BCUT2D eigenvalue weighted by Crippen LogP contribution is 2.50. The molecule has 6 rings (SSSR count). The van der Waals surface area contributed by atoms with E-state index in [-0.39, 0.29) is 0 Å². The normalized spacial score (nSPS) is 25.6. The van der Waals surface area contributed by atoms with E-state index >= 15 is 0 Å². The summed E-state index contributed by atoms with van der Waals surface area (Å²) in [5.74, 6) is 2.58. The summed E-state index contributed by atoms with van der Waals surface area (Å²) in [5, 5.41) is 13.6. The Hall–Kier alpha value is -2.52. The summed E-state index contributed by atoms with van der Waals surface area (Å²) in [6.45, 7) is 10.8. The average molecular weight is 507 g/mol. The molecule has 3 atom stereocenters. The molecule has 9 heteroatoms. The molecule has 200 valence electrons. The Labute approximate surface area is 220 Å². The topological polar surface area (TPSA) is 85.9 Å². The van der Waals surface area contributed by atoms with Crippen molar-refractivity contribution in [3.8, 4) is 0 Å². The van der Waals surface area contributed by atoms with Gasteiger partial charge in [-0.3, -0.25) is 9.36 Å². The summed E-state index contributed by atoms with van der Waals surface area (Å²) in [7, 11) is 3.78. The molecule has 2 aliphatic carbocycles. The Morgan fingerprint density at radius 3 is 2.78 bits per heavy atom. The van der Waals surface area contributed by atoms with Crippen LogP contribution in [0.4, 0.5) is 5.82 Å². The molecular weight excluding hydrogens is 464 g/mol. The third kappa shape index (κ3) is 4.44. The zero-order chi connectivity index (χ0) is 25.7. The highest BCUT2D eigenvalue weighted by atomic mass is 16.5. The van der Waals surface area contributed by atoms with Gasteiger partial charge >= 0.3 is 0 Å². The Bertz CT molecular complexity index is 1300. The third-order valence-electron chi connectivity index (χ3n) is 9.31. The van der Waals surface area contributed by atoms with Gasteiger partial charge in [-0.1, -0.05) is 6.42 Å². The number of anilines is 1. The van der Waals surface area contributed by atoms with Crippen LogP contribution in [0.5, 0.6) is 0 Å². The van der Waals surface area contributed by atoms with Crippen molar-refractivity contribution < 1.29 is 4.74 Å². The van der Waals surface area contributed by atoms with Gasteiger partial charge in [-0.05, 0) is 64.2 Å². The number of rotatable bonds is 7. The van der Waals surface area contributed by atoms with E-state index in [0.29, 0.717) is 11.5 Å². The standard InChI is InChI=1S/C28H42N8O/c1-18-22-16-35(27-26-25(30-20(3)31-27)19(2)32-34(26)4)13-9-24(22)36(33-18)17-28-10-6-7-21(15-28)23(8-11-28)29-12-14-37-5/h21,23,29H,6-17H2,1-5H3. The number of fused-ring (bicyclic) bond motifs is 4. The summed E-state index contributed by atoms with van der Waals surface area (Å²) in [4.78, 5) is 12.0. The van der Waals surface area contributed by atoms with Crippen molar-refractivity contribution in [3.63, 3.8) is 0 Å². The molecule has 2 bridgehead atoms. The quantitative estimate of drug-likeness (QED) is 0.490. The van der Waals surface area contributed by atoms with E-state index in [1.807, 2.05) is 25.6 Å². The fourth-order valence-electron chi connectivity index (χ4n) is 7.54. The molecule has 9 nitrogen and oxygen atoms in total. The van der Waals surface area contributed by atoms with Crippen molar-refractivity contribution in [2.24, 2.45) is 18.4 Å². The SMILES string of the molecule is COCCNC1CCC2(Cn3nc(C)c4c3CCN(c3nc(C)nc5c(C)nn(C)c35)C4)CCCC1C2. The molecular formula is C28H42N8O. The Balaban J connectivity index is 1.23. The lowest BCUT2D eigenvalue weighted by atomic mass is 9.60. The lowest BCUT2D eigenvalue weighted by Crippen LogP contribution is -2.49. The van der Waals surface area contributed by atoms with E-state index in [4.69, 9.17) is 14.8 Å². The smallest absolute Gasteiger partial charge is 0.158 e. The van der Waals surface area contributed by atoms with E-state index in [2.05, 4.69) is 31.9 Å². The van der Waals surface area contributed by atoms with Gasteiger partial charge in [-0.2, -0.15) is 10.2 Å². The zero-order valence-electron chi connectivity index (χ0n) is 23.2. The van der Waals surface area contributed by atoms with E-state index in [9.17, 15) is 0 Å². The summed E-state index contributed by atoms with van der Waals surface area (Å²) in [6.07, 6.45) is 8.94. The predicted octanol–water partition coefficient (Wildman–Crippen LogP) is 3.62. The van der Waals surface area contributed by atoms with Gasteiger partial charge in [0.1, 0.15) is 16.9 Å². The van der Waals surface area contributed by atoms with Crippen molar-refractivity contribution in [3.05, 3.63) is 28.5 Å². The molecule has 1 aliphatic heterocycles. The summed E-state index contributed by atoms with van der Waals surface area (Å²) >= 11 is 0. The second kappa shape index (κ2) is 9.66. The molecule has 0 aromatic carbocycles. The monoisotopic (exact) mass is 506 g/mol. The van der Waals surface area contributed by atoms with Gasteiger partial charge in [-0.15, -0.1) is 0 Å². The second-order valence-electron chi connectivity index (χ2n) is 11.8. The lowest BCUT2D eigenvalue weighted by molar-refractivity contribution is 0.0305. The van der Waals surface area contributed by atoms with Crippen LogP contribution in [-0.4, -0.2) is 62.4 Å². The molecule has 0 amide bonds. The number of aromatic nitrogens is 6. The maximum absolute atomic E-state index is 5.27. The predicted molar refractivity (Wildman–Crippen MR) is 145 cm³/mol. The average Bonchev–Trinajstić information content (AvgIpc) is 3.34. The van der Waals surface area contributed by atoms with Gasteiger partial charge in [0.25, 0.3) is 0 Å². The number of hydrogen-bond acceptors (Lipinski definition) is 7. The Kier molecular flexibility index (Phi) is 6.47. The van der Waals surface area contributed by atoms with Gasteiger partial charge in [-0.25, -0.2) is 9.97 Å². The molecule has 4 heterocycles. The molecule has 0 radical (unpaired) electrons. The largest absolute Gasteiger partial charge is 0.383 e. The van der Waals surface area contributed by atoms with Crippen LogP contribution in [0.25, 0.3) is 11.0 Å². The van der Waals surface area contributed by atoms with Crippen LogP contribution in [0, 0.1) is 32.1 Å². The van der Waals surface area contributed by atoms with Gasteiger partial charge < -0.3 is 15.0 Å². The van der Waals surface area contributed by atoms with Crippen molar-refractivity contribution in [1.82, 2.24) is 34.8 Å². The van der Waals surface area contributed by atoms with Crippen LogP contribution < -0.4 is 10.2 Å². The second-order valence-corrected chi connectivity index (χ2v) is 11.8. The minimum absolute atomic E-state index is 0.397. The number of aryl methyl sites for hydroxylation is 4. The van der Waals surface area contributed by atoms with Crippen molar-refractivity contribution in [2.45, 2.75) is 84.8 Å². The molecule has 3 aliphatic rings. The molecule has 3 aromatic heterocycles. The van der Waals surface area contributed by atoms with Crippen molar-refractivity contribution in [1.29, 1.82) is 0 Å².